The van der Waals surface area contributed by atoms with Crippen molar-refractivity contribution < 1.29 is 9.18 Å². The molecule has 2 nitrogen and oxygen atoms in total. The van der Waals surface area contributed by atoms with Gasteiger partial charge in [0.25, 0.3) is 0 Å². The Morgan fingerprint density at radius 1 is 1.29 bits per heavy atom. The number of nitrogens with zero attached hydrogens (tertiary/aromatic N) is 1. The van der Waals surface area contributed by atoms with Crippen molar-refractivity contribution in [2.75, 3.05) is 19.6 Å². The second kappa shape index (κ2) is 5.61. The SMILES string of the molecule is O=C(Cl)CN1CCC(c2ccc(F)cc2)CC1. The van der Waals surface area contributed by atoms with Crippen molar-refractivity contribution in [3.63, 3.8) is 0 Å². The first kappa shape index (κ1) is 12.5. The summed E-state index contributed by atoms with van der Waals surface area (Å²) in [6, 6.07) is 6.71. The first-order valence-electron chi connectivity index (χ1n) is 5.81. The van der Waals surface area contributed by atoms with E-state index < -0.39 is 0 Å². The lowest BCUT2D eigenvalue weighted by Gasteiger charge is -2.31. The fourth-order valence-corrected chi connectivity index (χ4v) is 2.50. The highest BCUT2D eigenvalue weighted by atomic mass is 35.5. The second-order valence-corrected chi connectivity index (χ2v) is 4.88. The van der Waals surface area contributed by atoms with E-state index >= 15 is 0 Å². The van der Waals surface area contributed by atoms with E-state index in [9.17, 15) is 9.18 Å². The number of rotatable bonds is 3. The minimum atomic E-state index is -0.301. The van der Waals surface area contributed by atoms with Gasteiger partial charge in [0.05, 0.1) is 6.54 Å². The number of hydrogen-bond acceptors (Lipinski definition) is 2. The molecule has 0 N–H and O–H groups in total. The summed E-state index contributed by atoms with van der Waals surface area (Å²) in [5.74, 6) is 0.274. The van der Waals surface area contributed by atoms with E-state index in [2.05, 4.69) is 4.90 Å². The molecule has 0 aromatic heterocycles. The molecule has 1 saturated heterocycles. The highest BCUT2D eigenvalue weighted by Crippen LogP contribution is 2.27. The third-order valence-electron chi connectivity index (χ3n) is 3.28. The molecule has 0 bridgehead atoms. The highest BCUT2D eigenvalue weighted by molar-refractivity contribution is 6.64. The van der Waals surface area contributed by atoms with E-state index in [-0.39, 0.29) is 11.1 Å². The van der Waals surface area contributed by atoms with Gasteiger partial charge in [0.2, 0.25) is 5.24 Å². The molecule has 1 heterocycles. The standard InChI is InChI=1S/C13H15ClFNO/c14-13(17)9-16-7-5-11(6-8-16)10-1-3-12(15)4-2-10/h1-4,11H,5-9H2. The van der Waals surface area contributed by atoms with Crippen LogP contribution in [0.5, 0.6) is 0 Å². The van der Waals surface area contributed by atoms with Crippen LogP contribution in [0.3, 0.4) is 0 Å². The summed E-state index contributed by atoms with van der Waals surface area (Å²) in [4.78, 5) is 12.8. The smallest absolute Gasteiger partial charge is 0.235 e. The molecule has 1 aromatic carbocycles. The van der Waals surface area contributed by atoms with Gasteiger partial charge >= 0.3 is 0 Å². The Morgan fingerprint density at radius 3 is 2.41 bits per heavy atom. The van der Waals surface area contributed by atoms with Gasteiger partial charge in [-0.25, -0.2) is 4.39 Å². The fourth-order valence-electron chi connectivity index (χ4n) is 2.34. The quantitative estimate of drug-likeness (QED) is 0.774. The minimum absolute atomic E-state index is 0.195. The van der Waals surface area contributed by atoms with Crippen LogP contribution in [0.25, 0.3) is 0 Å². The number of hydrogen-bond donors (Lipinski definition) is 0. The predicted molar refractivity (Wildman–Crippen MR) is 65.7 cm³/mol. The molecule has 1 fully saturated rings. The zero-order valence-corrected chi connectivity index (χ0v) is 10.3. The fraction of sp³-hybridized carbons (Fsp3) is 0.462. The van der Waals surface area contributed by atoms with Crippen molar-refractivity contribution in [1.29, 1.82) is 0 Å². The largest absolute Gasteiger partial charge is 0.295 e. The predicted octanol–water partition coefficient (Wildman–Crippen LogP) is 2.77. The van der Waals surface area contributed by atoms with E-state index in [1.807, 2.05) is 12.1 Å². The average Bonchev–Trinajstić information content (AvgIpc) is 2.30. The summed E-state index contributed by atoms with van der Waals surface area (Å²) < 4.78 is 12.8. The third kappa shape index (κ3) is 3.51. The average molecular weight is 256 g/mol. The summed E-state index contributed by atoms with van der Waals surface area (Å²) in [5, 5.41) is -0.301. The number of benzene rings is 1. The van der Waals surface area contributed by atoms with Gasteiger partial charge < -0.3 is 0 Å². The van der Waals surface area contributed by atoms with Gasteiger partial charge in [0.1, 0.15) is 5.82 Å². The van der Waals surface area contributed by atoms with E-state index in [1.54, 1.807) is 0 Å². The summed E-state index contributed by atoms with van der Waals surface area (Å²) in [7, 11) is 0. The zero-order valence-electron chi connectivity index (χ0n) is 9.53. The summed E-state index contributed by atoms with van der Waals surface area (Å²) >= 11 is 5.36. The Hall–Kier alpha value is -0.930. The molecule has 17 heavy (non-hydrogen) atoms. The van der Waals surface area contributed by atoms with Crippen LogP contribution in [-0.4, -0.2) is 29.8 Å². The van der Waals surface area contributed by atoms with Gasteiger partial charge in [-0.2, -0.15) is 0 Å². The van der Waals surface area contributed by atoms with Gasteiger partial charge in [-0.1, -0.05) is 12.1 Å². The van der Waals surface area contributed by atoms with Crippen molar-refractivity contribution in [3.05, 3.63) is 35.6 Å². The number of carbonyl (C=O) groups is 1. The van der Waals surface area contributed by atoms with E-state index in [4.69, 9.17) is 11.6 Å². The molecular weight excluding hydrogens is 241 g/mol. The van der Waals surface area contributed by atoms with Crippen molar-refractivity contribution in [1.82, 2.24) is 4.90 Å². The van der Waals surface area contributed by atoms with Crippen LogP contribution in [-0.2, 0) is 4.79 Å². The van der Waals surface area contributed by atoms with E-state index in [0.29, 0.717) is 12.5 Å². The lowest BCUT2D eigenvalue weighted by Crippen LogP contribution is -2.35. The Labute approximate surface area is 105 Å². The lowest BCUT2D eigenvalue weighted by atomic mass is 9.89. The van der Waals surface area contributed by atoms with Gasteiger partial charge in [0.15, 0.2) is 0 Å². The van der Waals surface area contributed by atoms with Crippen LogP contribution in [0.15, 0.2) is 24.3 Å². The van der Waals surface area contributed by atoms with Crippen LogP contribution in [0, 0.1) is 5.82 Å². The molecule has 2 rings (SSSR count). The van der Waals surface area contributed by atoms with Crippen LogP contribution in [0.2, 0.25) is 0 Å². The normalized spacial score (nSPS) is 18.2. The Kier molecular flexibility index (Phi) is 4.13. The number of carbonyl (C=O) groups excluding carboxylic acids is 1. The Morgan fingerprint density at radius 2 is 1.88 bits per heavy atom. The molecule has 0 amide bonds. The highest BCUT2D eigenvalue weighted by Gasteiger charge is 2.21. The van der Waals surface area contributed by atoms with Gasteiger partial charge in [-0.15, -0.1) is 0 Å². The van der Waals surface area contributed by atoms with Gasteiger partial charge in [-0.3, -0.25) is 9.69 Å². The molecule has 1 aliphatic heterocycles. The number of likely N-dealkylation sites (tertiary alicyclic amines) is 1. The summed E-state index contributed by atoms with van der Waals surface area (Å²) in [6.07, 6.45) is 1.99. The summed E-state index contributed by atoms with van der Waals surface area (Å²) in [6.45, 7) is 2.08. The van der Waals surface area contributed by atoms with Crippen LogP contribution in [0.4, 0.5) is 4.39 Å². The first-order chi connectivity index (χ1) is 8.15. The van der Waals surface area contributed by atoms with E-state index in [1.165, 1.54) is 17.7 Å². The second-order valence-electron chi connectivity index (χ2n) is 4.46. The molecule has 0 unspecified atom stereocenters. The third-order valence-corrected chi connectivity index (χ3v) is 3.40. The number of piperidine rings is 1. The maximum absolute atomic E-state index is 12.8. The maximum Gasteiger partial charge on any atom is 0.235 e. The van der Waals surface area contributed by atoms with Crippen LogP contribution in [0.1, 0.15) is 24.3 Å². The molecule has 1 aromatic rings. The van der Waals surface area contributed by atoms with Crippen molar-refractivity contribution in [3.8, 4) is 0 Å². The van der Waals surface area contributed by atoms with Gasteiger partial charge in [0, 0.05) is 0 Å². The maximum atomic E-state index is 12.8. The van der Waals surface area contributed by atoms with Gasteiger partial charge in [-0.05, 0) is 61.1 Å². The minimum Gasteiger partial charge on any atom is -0.295 e. The Bertz CT molecular complexity index is 385. The van der Waals surface area contributed by atoms with E-state index in [0.717, 1.165) is 25.9 Å². The lowest BCUT2D eigenvalue weighted by molar-refractivity contribution is -0.113. The topological polar surface area (TPSA) is 20.3 Å². The monoisotopic (exact) mass is 255 g/mol. The zero-order chi connectivity index (χ0) is 12.3. The molecule has 0 atom stereocenters. The van der Waals surface area contributed by atoms with Crippen molar-refractivity contribution in [2.24, 2.45) is 0 Å². The molecule has 0 aliphatic carbocycles. The molecule has 92 valence electrons. The van der Waals surface area contributed by atoms with Crippen LogP contribution >= 0.6 is 11.6 Å². The van der Waals surface area contributed by atoms with Crippen molar-refractivity contribution >= 4 is 16.8 Å². The first-order valence-corrected chi connectivity index (χ1v) is 6.19. The van der Waals surface area contributed by atoms with Crippen molar-refractivity contribution in [2.45, 2.75) is 18.8 Å². The molecule has 1 aliphatic rings. The summed E-state index contributed by atoms with van der Waals surface area (Å²) in [5.41, 5.74) is 1.18. The van der Waals surface area contributed by atoms with Crippen LogP contribution < -0.4 is 0 Å². The molecule has 4 heteroatoms. The molecular formula is C13H15ClFNO. The molecule has 0 radical (unpaired) electrons. The Balaban J connectivity index is 1.90. The number of halogens is 2. The molecule has 0 saturated carbocycles. The molecule has 0 spiro atoms.